The van der Waals surface area contributed by atoms with Crippen LogP contribution in [0, 0.1) is 0 Å². The molecule has 0 saturated carbocycles. The summed E-state index contributed by atoms with van der Waals surface area (Å²) in [5, 5.41) is 0.710. The minimum absolute atomic E-state index is 0.0116. The standard InChI is InChI=1S/C10H11ClN2O/c11-8-3-1-2-7(4-8)9-5-14-6-10(12)13-9/h1-4,9H,5-6H2,(H2,12,13). The van der Waals surface area contributed by atoms with Crippen LogP contribution in [0.25, 0.3) is 0 Å². The van der Waals surface area contributed by atoms with Crippen molar-refractivity contribution in [2.24, 2.45) is 10.7 Å². The average molecular weight is 211 g/mol. The van der Waals surface area contributed by atoms with Gasteiger partial charge in [0.15, 0.2) is 0 Å². The van der Waals surface area contributed by atoms with Gasteiger partial charge in [-0.25, -0.2) is 0 Å². The van der Waals surface area contributed by atoms with E-state index < -0.39 is 0 Å². The molecule has 1 aliphatic rings. The van der Waals surface area contributed by atoms with E-state index in [1.165, 1.54) is 0 Å². The van der Waals surface area contributed by atoms with Crippen molar-refractivity contribution in [1.29, 1.82) is 0 Å². The Labute approximate surface area is 87.5 Å². The molecule has 0 radical (unpaired) electrons. The molecule has 1 heterocycles. The van der Waals surface area contributed by atoms with E-state index in [1.54, 1.807) is 0 Å². The Morgan fingerprint density at radius 3 is 3.07 bits per heavy atom. The summed E-state index contributed by atoms with van der Waals surface area (Å²) < 4.78 is 5.29. The van der Waals surface area contributed by atoms with Crippen molar-refractivity contribution in [3.05, 3.63) is 34.9 Å². The third-order valence-corrected chi connectivity index (χ3v) is 2.32. The average Bonchev–Trinajstić information content (AvgIpc) is 2.18. The fourth-order valence-corrected chi connectivity index (χ4v) is 1.63. The van der Waals surface area contributed by atoms with Crippen molar-refractivity contribution in [2.45, 2.75) is 6.04 Å². The number of hydrogen-bond acceptors (Lipinski definition) is 3. The van der Waals surface area contributed by atoms with Crippen LogP contribution in [0.15, 0.2) is 29.3 Å². The number of hydrogen-bond donors (Lipinski definition) is 1. The van der Waals surface area contributed by atoms with Crippen molar-refractivity contribution in [1.82, 2.24) is 0 Å². The Hall–Kier alpha value is -1.06. The van der Waals surface area contributed by atoms with E-state index >= 15 is 0 Å². The number of amidine groups is 1. The van der Waals surface area contributed by atoms with Crippen LogP contribution in [-0.4, -0.2) is 19.0 Å². The van der Waals surface area contributed by atoms with Gasteiger partial charge < -0.3 is 10.5 Å². The van der Waals surface area contributed by atoms with Gasteiger partial charge in [0.2, 0.25) is 0 Å². The molecular formula is C10H11ClN2O. The van der Waals surface area contributed by atoms with Gasteiger partial charge in [-0.15, -0.1) is 0 Å². The van der Waals surface area contributed by atoms with E-state index in [1.807, 2.05) is 24.3 Å². The van der Waals surface area contributed by atoms with Crippen molar-refractivity contribution in [2.75, 3.05) is 13.2 Å². The molecule has 4 heteroatoms. The van der Waals surface area contributed by atoms with Gasteiger partial charge in [0.1, 0.15) is 18.5 Å². The summed E-state index contributed by atoms with van der Waals surface area (Å²) in [5.74, 6) is 0.543. The molecule has 0 saturated heterocycles. The van der Waals surface area contributed by atoms with E-state index in [0.29, 0.717) is 24.1 Å². The second-order valence-electron chi connectivity index (χ2n) is 3.21. The highest BCUT2D eigenvalue weighted by atomic mass is 35.5. The smallest absolute Gasteiger partial charge is 0.121 e. The first kappa shape index (κ1) is 9.49. The summed E-state index contributed by atoms with van der Waals surface area (Å²) in [6.07, 6.45) is 0. The molecule has 2 rings (SSSR count). The lowest BCUT2D eigenvalue weighted by Gasteiger charge is -2.19. The van der Waals surface area contributed by atoms with E-state index in [9.17, 15) is 0 Å². The predicted molar refractivity (Wildman–Crippen MR) is 56.6 cm³/mol. The topological polar surface area (TPSA) is 47.6 Å². The molecule has 1 aromatic carbocycles. The summed E-state index contributed by atoms with van der Waals surface area (Å²) in [6.45, 7) is 0.998. The van der Waals surface area contributed by atoms with Gasteiger partial charge in [-0.05, 0) is 17.7 Å². The Kier molecular flexibility index (Phi) is 2.70. The molecule has 14 heavy (non-hydrogen) atoms. The molecule has 0 spiro atoms. The second-order valence-corrected chi connectivity index (χ2v) is 3.64. The zero-order valence-corrected chi connectivity index (χ0v) is 8.37. The van der Waals surface area contributed by atoms with E-state index in [4.69, 9.17) is 22.1 Å². The van der Waals surface area contributed by atoms with Crippen molar-refractivity contribution < 1.29 is 4.74 Å². The molecule has 1 aliphatic heterocycles. The summed E-state index contributed by atoms with van der Waals surface area (Å²) >= 11 is 5.88. The first-order valence-corrected chi connectivity index (χ1v) is 4.79. The van der Waals surface area contributed by atoms with Gasteiger partial charge in [-0.2, -0.15) is 0 Å². The van der Waals surface area contributed by atoms with Gasteiger partial charge in [-0.1, -0.05) is 23.7 Å². The fourth-order valence-electron chi connectivity index (χ4n) is 1.43. The quantitative estimate of drug-likeness (QED) is 0.768. The van der Waals surface area contributed by atoms with Crippen molar-refractivity contribution >= 4 is 17.4 Å². The molecule has 2 N–H and O–H groups in total. The fraction of sp³-hybridized carbons (Fsp3) is 0.300. The summed E-state index contributed by atoms with van der Waals surface area (Å²) in [7, 11) is 0. The molecule has 1 atom stereocenters. The lowest BCUT2D eigenvalue weighted by molar-refractivity contribution is 0.143. The molecule has 1 aromatic rings. The molecule has 0 fully saturated rings. The Bertz CT molecular complexity index is 365. The monoisotopic (exact) mass is 210 g/mol. The third-order valence-electron chi connectivity index (χ3n) is 2.08. The molecule has 3 nitrogen and oxygen atoms in total. The normalized spacial score (nSPS) is 21.8. The largest absolute Gasteiger partial charge is 0.386 e. The summed E-state index contributed by atoms with van der Waals surface area (Å²) in [5.41, 5.74) is 6.63. The molecule has 0 aliphatic carbocycles. The summed E-state index contributed by atoms with van der Waals surface area (Å²) in [4.78, 5) is 4.30. The molecule has 74 valence electrons. The van der Waals surface area contributed by atoms with Crippen molar-refractivity contribution in [3.63, 3.8) is 0 Å². The van der Waals surface area contributed by atoms with Gasteiger partial charge in [0.05, 0.1) is 6.61 Å². The molecule has 0 bridgehead atoms. The zero-order valence-electron chi connectivity index (χ0n) is 7.61. The minimum Gasteiger partial charge on any atom is -0.386 e. The maximum atomic E-state index is 5.88. The third kappa shape index (κ3) is 2.05. The highest BCUT2D eigenvalue weighted by molar-refractivity contribution is 6.30. The van der Waals surface area contributed by atoms with Crippen LogP contribution in [0.3, 0.4) is 0 Å². The zero-order chi connectivity index (χ0) is 9.97. The van der Waals surface area contributed by atoms with Gasteiger partial charge in [-0.3, -0.25) is 4.99 Å². The maximum absolute atomic E-state index is 5.88. The maximum Gasteiger partial charge on any atom is 0.121 e. The number of nitrogens with zero attached hydrogens (tertiary/aromatic N) is 1. The molecule has 0 aromatic heterocycles. The summed E-state index contributed by atoms with van der Waals surface area (Å²) in [6, 6.07) is 7.59. The van der Waals surface area contributed by atoms with Crippen LogP contribution in [0.1, 0.15) is 11.6 Å². The van der Waals surface area contributed by atoms with Crippen molar-refractivity contribution in [3.8, 4) is 0 Å². The van der Waals surface area contributed by atoms with Crippen LogP contribution in [0.4, 0.5) is 0 Å². The Morgan fingerprint density at radius 1 is 1.50 bits per heavy atom. The highest BCUT2D eigenvalue weighted by Crippen LogP contribution is 2.22. The van der Waals surface area contributed by atoms with E-state index in [0.717, 1.165) is 5.56 Å². The van der Waals surface area contributed by atoms with Crippen LogP contribution in [0.2, 0.25) is 5.02 Å². The number of ether oxygens (including phenoxy) is 1. The number of halogens is 1. The Morgan fingerprint density at radius 2 is 2.36 bits per heavy atom. The number of rotatable bonds is 1. The SMILES string of the molecule is NC1=NC(c2cccc(Cl)c2)COC1. The predicted octanol–water partition coefficient (Wildman–Crippen LogP) is 1.77. The van der Waals surface area contributed by atoms with Crippen LogP contribution >= 0.6 is 11.6 Å². The number of aliphatic imine (C=N–C) groups is 1. The number of nitrogens with two attached hydrogens (primary N) is 1. The van der Waals surface area contributed by atoms with E-state index in [-0.39, 0.29) is 6.04 Å². The molecule has 1 unspecified atom stereocenters. The minimum atomic E-state index is -0.0116. The van der Waals surface area contributed by atoms with Gasteiger partial charge >= 0.3 is 0 Å². The van der Waals surface area contributed by atoms with Gasteiger partial charge in [0, 0.05) is 5.02 Å². The van der Waals surface area contributed by atoms with Crippen LogP contribution in [0.5, 0.6) is 0 Å². The van der Waals surface area contributed by atoms with Crippen LogP contribution < -0.4 is 5.73 Å². The molecular weight excluding hydrogens is 200 g/mol. The highest BCUT2D eigenvalue weighted by Gasteiger charge is 2.15. The van der Waals surface area contributed by atoms with Gasteiger partial charge in [0.25, 0.3) is 0 Å². The Balaban J connectivity index is 2.26. The lowest BCUT2D eigenvalue weighted by atomic mass is 10.1. The first-order valence-electron chi connectivity index (χ1n) is 4.41. The molecule has 0 amide bonds. The first-order chi connectivity index (χ1) is 6.75. The lowest BCUT2D eigenvalue weighted by Crippen LogP contribution is -2.27. The number of benzene rings is 1. The second kappa shape index (κ2) is 3.98. The van der Waals surface area contributed by atoms with E-state index in [2.05, 4.69) is 4.99 Å². The van der Waals surface area contributed by atoms with Crippen LogP contribution in [-0.2, 0) is 4.74 Å².